The fraction of sp³-hybridized carbons (Fsp3) is 0.174. The summed E-state index contributed by atoms with van der Waals surface area (Å²) in [5.41, 5.74) is 4.39. The average molecular weight is 386 g/mol. The first-order valence-electron chi connectivity index (χ1n) is 9.42. The van der Waals surface area contributed by atoms with E-state index in [4.69, 9.17) is 4.74 Å². The van der Waals surface area contributed by atoms with Crippen LogP contribution in [0.15, 0.2) is 66.9 Å². The Bertz CT molecular complexity index is 1150. The number of pyridine rings is 1. The van der Waals surface area contributed by atoms with E-state index < -0.39 is 0 Å². The van der Waals surface area contributed by atoms with Gasteiger partial charge in [-0.3, -0.25) is 4.79 Å². The van der Waals surface area contributed by atoms with Gasteiger partial charge in [-0.15, -0.1) is 0 Å². The van der Waals surface area contributed by atoms with Crippen molar-refractivity contribution in [3.8, 4) is 5.75 Å². The number of imidazole rings is 1. The molecular formula is C23H22N4O2. The molecule has 0 unspecified atom stereocenters. The van der Waals surface area contributed by atoms with Crippen LogP contribution in [0, 0.1) is 6.92 Å². The molecule has 6 nitrogen and oxygen atoms in total. The van der Waals surface area contributed by atoms with Crippen molar-refractivity contribution in [2.75, 3.05) is 7.11 Å². The number of aryl methyl sites for hydroxylation is 1. The van der Waals surface area contributed by atoms with Crippen LogP contribution >= 0.6 is 0 Å². The summed E-state index contributed by atoms with van der Waals surface area (Å²) in [7, 11) is 1.65. The predicted molar refractivity (Wildman–Crippen MR) is 112 cm³/mol. The van der Waals surface area contributed by atoms with E-state index in [0.717, 1.165) is 33.9 Å². The number of hydrogen-bond acceptors (Lipinski definition) is 4. The largest absolute Gasteiger partial charge is 0.497 e. The molecule has 0 saturated heterocycles. The molecule has 0 spiro atoms. The average Bonchev–Trinajstić information content (AvgIpc) is 3.10. The molecule has 4 rings (SSSR count). The van der Waals surface area contributed by atoms with Crippen molar-refractivity contribution in [3.05, 3.63) is 89.4 Å². The van der Waals surface area contributed by atoms with Crippen LogP contribution in [0.5, 0.6) is 5.75 Å². The maximum absolute atomic E-state index is 12.5. The number of methoxy groups -OCH3 is 1. The molecule has 0 aliphatic rings. The number of amides is 1. The van der Waals surface area contributed by atoms with E-state index in [1.807, 2.05) is 72.2 Å². The maximum atomic E-state index is 12.5. The third kappa shape index (κ3) is 4.11. The smallest absolute Gasteiger partial charge is 0.251 e. The summed E-state index contributed by atoms with van der Waals surface area (Å²) < 4.78 is 7.27. The number of hydrogen-bond donors (Lipinski definition) is 1. The molecule has 2 aromatic heterocycles. The summed E-state index contributed by atoms with van der Waals surface area (Å²) in [6.45, 7) is 2.89. The molecular weight excluding hydrogens is 364 g/mol. The lowest BCUT2D eigenvalue weighted by atomic mass is 10.1. The van der Waals surface area contributed by atoms with Crippen LogP contribution in [0.2, 0.25) is 0 Å². The molecule has 1 amide bonds. The number of benzene rings is 2. The molecule has 2 aromatic carbocycles. The Kier molecular flexibility index (Phi) is 5.24. The zero-order valence-corrected chi connectivity index (χ0v) is 16.4. The van der Waals surface area contributed by atoms with Gasteiger partial charge in [0.15, 0.2) is 5.65 Å². The molecule has 0 radical (unpaired) electrons. The lowest BCUT2D eigenvalue weighted by Gasteiger charge is -2.11. The van der Waals surface area contributed by atoms with Gasteiger partial charge in [0.25, 0.3) is 5.91 Å². The molecule has 0 fully saturated rings. The van der Waals surface area contributed by atoms with Gasteiger partial charge in [0.1, 0.15) is 17.1 Å². The lowest BCUT2D eigenvalue weighted by Crippen LogP contribution is -2.25. The van der Waals surface area contributed by atoms with E-state index in [0.29, 0.717) is 18.7 Å². The maximum Gasteiger partial charge on any atom is 0.251 e. The molecule has 146 valence electrons. The molecule has 0 aliphatic carbocycles. The Morgan fingerprint density at radius 2 is 1.93 bits per heavy atom. The third-order valence-electron chi connectivity index (χ3n) is 4.77. The van der Waals surface area contributed by atoms with E-state index in [2.05, 4.69) is 15.3 Å². The van der Waals surface area contributed by atoms with Gasteiger partial charge in [0.05, 0.1) is 20.2 Å². The van der Waals surface area contributed by atoms with Gasteiger partial charge in [-0.25, -0.2) is 9.97 Å². The molecule has 6 heteroatoms. The summed E-state index contributed by atoms with van der Waals surface area (Å²) in [6, 6.07) is 19.2. The predicted octanol–water partition coefficient (Wildman–Crippen LogP) is 3.73. The van der Waals surface area contributed by atoms with E-state index in [1.54, 1.807) is 13.3 Å². The quantitative estimate of drug-likeness (QED) is 0.548. The zero-order chi connectivity index (χ0) is 20.2. The minimum atomic E-state index is -0.121. The standard InChI is InChI=1S/C23H22N4O2/c1-16-5-3-6-18(13-16)23(28)25-14-21-26-20-7-4-12-24-22(20)27(21)15-17-8-10-19(29-2)11-9-17/h3-13H,14-15H2,1-2H3,(H,25,28). The van der Waals surface area contributed by atoms with Crippen LogP contribution in [0.3, 0.4) is 0 Å². The van der Waals surface area contributed by atoms with Crippen molar-refractivity contribution in [1.29, 1.82) is 0 Å². The Hall–Kier alpha value is -3.67. The monoisotopic (exact) mass is 386 g/mol. The van der Waals surface area contributed by atoms with Crippen LogP contribution in [0.1, 0.15) is 27.3 Å². The second kappa shape index (κ2) is 8.14. The molecule has 0 bridgehead atoms. The van der Waals surface area contributed by atoms with Crippen LogP contribution in [0.25, 0.3) is 11.2 Å². The van der Waals surface area contributed by atoms with Crippen molar-refractivity contribution in [2.24, 2.45) is 0 Å². The summed E-state index contributed by atoms with van der Waals surface area (Å²) >= 11 is 0. The first kappa shape index (κ1) is 18.7. The highest BCUT2D eigenvalue weighted by atomic mass is 16.5. The molecule has 29 heavy (non-hydrogen) atoms. The summed E-state index contributed by atoms with van der Waals surface area (Å²) in [5, 5.41) is 2.98. The number of carbonyl (C=O) groups excluding carboxylic acids is 1. The summed E-state index contributed by atoms with van der Waals surface area (Å²) in [4.78, 5) is 21.7. The molecule has 0 atom stereocenters. The highest BCUT2D eigenvalue weighted by molar-refractivity contribution is 5.94. The second-order valence-electron chi connectivity index (χ2n) is 6.86. The van der Waals surface area contributed by atoms with Gasteiger partial charge in [0.2, 0.25) is 0 Å². The first-order valence-corrected chi connectivity index (χ1v) is 9.42. The number of fused-ring (bicyclic) bond motifs is 1. The van der Waals surface area contributed by atoms with Gasteiger partial charge in [0, 0.05) is 11.8 Å². The van der Waals surface area contributed by atoms with Crippen molar-refractivity contribution in [1.82, 2.24) is 19.9 Å². The molecule has 0 aliphatic heterocycles. The Morgan fingerprint density at radius 3 is 2.69 bits per heavy atom. The molecule has 2 heterocycles. The van der Waals surface area contributed by atoms with Gasteiger partial charge in [-0.1, -0.05) is 29.8 Å². The molecule has 1 N–H and O–H groups in total. The fourth-order valence-electron chi connectivity index (χ4n) is 3.27. The molecule has 4 aromatic rings. The first-order chi connectivity index (χ1) is 14.1. The van der Waals surface area contributed by atoms with Gasteiger partial charge < -0.3 is 14.6 Å². The van der Waals surface area contributed by atoms with Crippen molar-refractivity contribution in [2.45, 2.75) is 20.0 Å². The number of nitrogens with zero attached hydrogens (tertiary/aromatic N) is 3. The second-order valence-corrected chi connectivity index (χ2v) is 6.86. The third-order valence-corrected chi connectivity index (χ3v) is 4.77. The van der Waals surface area contributed by atoms with E-state index in [1.165, 1.54) is 0 Å². The van der Waals surface area contributed by atoms with Crippen LogP contribution in [0.4, 0.5) is 0 Å². The van der Waals surface area contributed by atoms with Crippen LogP contribution in [-0.2, 0) is 13.1 Å². The minimum absolute atomic E-state index is 0.121. The SMILES string of the molecule is COc1ccc(Cn2c(CNC(=O)c3cccc(C)c3)nc3cccnc32)cc1. The van der Waals surface area contributed by atoms with Crippen molar-refractivity contribution < 1.29 is 9.53 Å². The molecule has 0 saturated carbocycles. The number of ether oxygens (including phenoxy) is 1. The Morgan fingerprint density at radius 1 is 1.10 bits per heavy atom. The number of nitrogens with one attached hydrogen (secondary N) is 1. The topological polar surface area (TPSA) is 69.0 Å². The van der Waals surface area contributed by atoms with E-state index in [-0.39, 0.29) is 5.91 Å². The van der Waals surface area contributed by atoms with Gasteiger partial charge in [-0.05, 0) is 48.9 Å². The van der Waals surface area contributed by atoms with Crippen molar-refractivity contribution >= 4 is 17.1 Å². The number of aromatic nitrogens is 3. The Balaban J connectivity index is 1.59. The summed E-state index contributed by atoms with van der Waals surface area (Å²) in [5.74, 6) is 1.45. The number of rotatable bonds is 6. The normalized spacial score (nSPS) is 10.8. The summed E-state index contributed by atoms with van der Waals surface area (Å²) in [6.07, 6.45) is 1.75. The van der Waals surface area contributed by atoms with E-state index >= 15 is 0 Å². The van der Waals surface area contributed by atoms with E-state index in [9.17, 15) is 4.79 Å². The van der Waals surface area contributed by atoms with Gasteiger partial charge >= 0.3 is 0 Å². The highest BCUT2D eigenvalue weighted by Crippen LogP contribution is 2.18. The lowest BCUT2D eigenvalue weighted by molar-refractivity contribution is 0.0949. The van der Waals surface area contributed by atoms with Gasteiger partial charge in [-0.2, -0.15) is 0 Å². The Labute approximate surface area is 169 Å². The van der Waals surface area contributed by atoms with Crippen molar-refractivity contribution in [3.63, 3.8) is 0 Å². The highest BCUT2D eigenvalue weighted by Gasteiger charge is 2.14. The fourth-order valence-corrected chi connectivity index (χ4v) is 3.27. The van der Waals surface area contributed by atoms with Crippen LogP contribution in [-0.4, -0.2) is 27.6 Å². The van der Waals surface area contributed by atoms with Crippen LogP contribution < -0.4 is 10.1 Å². The zero-order valence-electron chi connectivity index (χ0n) is 16.4. The minimum Gasteiger partial charge on any atom is -0.497 e. The number of carbonyl (C=O) groups is 1.